The van der Waals surface area contributed by atoms with Crippen molar-refractivity contribution in [2.24, 2.45) is 0 Å². The number of imidazole rings is 1. The number of ether oxygens (including phenoxy) is 1. The Morgan fingerprint density at radius 3 is 1.83 bits per heavy atom. The number of unbranched alkanes of at least 4 members (excludes halogenated alkanes) is 14. The van der Waals surface area contributed by atoms with Crippen molar-refractivity contribution >= 4 is 11.0 Å². The molecule has 1 heterocycles. The molecular formula is C26H44N2O. The van der Waals surface area contributed by atoms with Crippen LogP contribution in [0.25, 0.3) is 11.0 Å². The summed E-state index contributed by atoms with van der Waals surface area (Å²) < 4.78 is 5.57. The summed E-state index contributed by atoms with van der Waals surface area (Å²) in [7, 11) is 0. The van der Waals surface area contributed by atoms with E-state index in [1.807, 2.05) is 19.1 Å². The Hall–Kier alpha value is -1.51. The summed E-state index contributed by atoms with van der Waals surface area (Å²) in [6.45, 7) is 5.00. The molecule has 0 saturated carbocycles. The first kappa shape index (κ1) is 23.8. The van der Waals surface area contributed by atoms with E-state index in [2.05, 4.69) is 18.0 Å². The molecule has 1 aromatic carbocycles. The predicted octanol–water partition coefficient (Wildman–Crippen LogP) is 8.38. The van der Waals surface area contributed by atoms with E-state index in [9.17, 15) is 0 Å². The van der Waals surface area contributed by atoms with Gasteiger partial charge in [-0.15, -0.1) is 0 Å². The summed E-state index contributed by atoms with van der Waals surface area (Å²) in [5.41, 5.74) is 2.14. The average molecular weight is 401 g/mol. The topological polar surface area (TPSA) is 37.9 Å². The number of benzene rings is 1. The molecule has 0 unspecified atom stereocenters. The molecule has 0 bridgehead atoms. The fourth-order valence-electron chi connectivity index (χ4n) is 4.08. The molecule has 0 atom stereocenters. The molecule has 0 spiro atoms. The number of fused-ring (bicyclic) bond motifs is 1. The summed E-state index contributed by atoms with van der Waals surface area (Å²) >= 11 is 0. The molecular weight excluding hydrogens is 356 g/mol. The highest BCUT2D eigenvalue weighted by molar-refractivity contribution is 5.76. The maximum absolute atomic E-state index is 5.57. The molecule has 3 nitrogen and oxygen atoms in total. The Morgan fingerprint density at radius 1 is 0.724 bits per heavy atom. The minimum Gasteiger partial charge on any atom is -0.494 e. The third-order valence-corrected chi connectivity index (χ3v) is 5.83. The highest BCUT2D eigenvalue weighted by Crippen LogP contribution is 2.20. The van der Waals surface area contributed by atoms with Crippen molar-refractivity contribution in [2.45, 2.75) is 117 Å². The zero-order valence-electron chi connectivity index (χ0n) is 19.1. The van der Waals surface area contributed by atoms with Gasteiger partial charge in [0.15, 0.2) is 0 Å². The SMILES string of the molecule is CCCCCCCCCCCCCCCCCc1nc2ccc(OCC)cc2[nH]1. The number of aryl methyl sites for hydroxylation is 1. The van der Waals surface area contributed by atoms with Crippen LogP contribution < -0.4 is 4.74 Å². The Bertz CT molecular complexity index is 649. The standard InChI is InChI=1S/C26H44N2O/c1-3-5-6-7-8-9-10-11-12-13-14-15-16-17-18-19-26-27-24-21-20-23(29-4-2)22-25(24)28-26/h20-22H,3-19H2,1-2H3,(H,27,28). The molecule has 0 radical (unpaired) electrons. The van der Waals surface area contributed by atoms with Crippen molar-refractivity contribution in [1.29, 1.82) is 0 Å². The van der Waals surface area contributed by atoms with Crippen LogP contribution in [-0.2, 0) is 6.42 Å². The highest BCUT2D eigenvalue weighted by atomic mass is 16.5. The molecule has 0 aliphatic heterocycles. The zero-order chi connectivity index (χ0) is 20.6. The van der Waals surface area contributed by atoms with Crippen LogP contribution in [0.2, 0.25) is 0 Å². The molecule has 0 fully saturated rings. The quantitative estimate of drug-likeness (QED) is 0.255. The molecule has 3 heteroatoms. The van der Waals surface area contributed by atoms with E-state index in [0.717, 1.165) is 29.0 Å². The van der Waals surface area contributed by atoms with E-state index >= 15 is 0 Å². The summed E-state index contributed by atoms with van der Waals surface area (Å²) in [4.78, 5) is 8.16. The maximum atomic E-state index is 5.57. The lowest BCUT2D eigenvalue weighted by Gasteiger charge is -2.03. The van der Waals surface area contributed by atoms with Crippen molar-refractivity contribution in [3.05, 3.63) is 24.0 Å². The Balaban J connectivity index is 1.42. The number of nitrogens with one attached hydrogen (secondary N) is 1. The normalized spacial score (nSPS) is 11.4. The number of H-pyrrole nitrogens is 1. The van der Waals surface area contributed by atoms with E-state index in [1.165, 1.54) is 96.3 Å². The predicted molar refractivity (Wildman–Crippen MR) is 126 cm³/mol. The molecule has 0 aliphatic carbocycles. The maximum Gasteiger partial charge on any atom is 0.121 e. The number of rotatable bonds is 18. The van der Waals surface area contributed by atoms with Gasteiger partial charge in [0.05, 0.1) is 17.6 Å². The van der Waals surface area contributed by atoms with Gasteiger partial charge in [-0.1, -0.05) is 96.8 Å². The molecule has 1 aromatic heterocycles. The number of hydrogen-bond acceptors (Lipinski definition) is 2. The van der Waals surface area contributed by atoms with Crippen LogP contribution in [0.5, 0.6) is 5.75 Å². The van der Waals surface area contributed by atoms with E-state index in [1.54, 1.807) is 0 Å². The van der Waals surface area contributed by atoms with Crippen LogP contribution in [0, 0.1) is 0 Å². The van der Waals surface area contributed by atoms with Crippen LogP contribution in [-0.4, -0.2) is 16.6 Å². The van der Waals surface area contributed by atoms with E-state index in [0.29, 0.717) is 6.61 Å². The number of aromatic nitrogens is 2. The van der Waals surface area contributed by atoms with Crippen LogP contribution in [0.1, 0.15) is 116 Å². The zero-order valence-corrected chi connectivity index (χ0v) is 19.1. The van der Waals surface area contributed by atoms with Gasteiger partial charge in [-0.05, 0) is 25.5 Å². The molecule has 0 aliphatic rings. The summed E-state index contributed by atoms with van der Waals surface area (Å²) in [6, 6.07) is 6.11. The number of hydrogen-bond donors (Lipinski definition) is 1. The van der Waals surface area contributed by atoms with Gasteiger partial charge in [-0.3, -0.25) is 0 Å². The highest BCUT2D eigenvalue weighted by Gasteiger charge is 2.04. The first-order valence-corrected chi connectivity index (χ1v) is 12.4. The van der Waals surface area contributed by atoms with E-state index in [4.69, 9.17) is 9.72 Å². The van der Waals surface area contributed by atoms with Gasteiger partial charge in [-0.2, -0.15) is 0 Å². The van der Waals surface area contributed by atoms with E-state index in [-0.39, 0.29) is 0 Å². The van der Waals surface area contributed by atoms with Crippen LogP contribution in [0.15, 0.2) is 18.2 Å². The van der Waals surface area contributed by atoms with Crippen molar-refractivity contribution < 1.29 is 4.74 Å². The Kier molecular flexibility index (Phi) is 12.6. The van der Waals surface area contributed by atoms with Crippen LogP contribution >= 0.6 is 0 Å². The monoisotopic (exact) mass is 400 g/mol. The first-order valence-electron chi connectivity index (χ1n) is 12.4. The second kappa shape index (κ2) is 15.3. The van der Waals surface area contributed by atoms with Crippen LogP contribution in [0.3, 0.4) is 0 Å². The van der Waals surface area contributed by atoms with Crippen molar-refractivity contribution in [1.82, 2.24) is 9.97 Å². The minimum atomic E-state index is 0.700. The molecule has 164 valence electrons. The van der Waals surface area contributed by atoms with Gasteiger partial charge < -0.3 is 9.72 Å². The van der Waals surface area contributed by atoms with Crippen molar-refractivity contribution in [2.75, 3.05) is 6.61 Å². The molecule has 29 heavy (non-hydrogen) atoms. The second-order valence-corrected chi connectivity index (χ2v) is 8.50. The smallest absolute Gasteiger partial charge is 0.121 e. The lowest BCUT2D eigenvalue weighted by molar-refractivity contribution is 0.340. The van der Waals surface area contributed by atoms with Crippen molar-refractivity contribution in [3.8, 4) is 5.75 Å². The number of nitrogens with zero attached hydrogens (tertiary/aromatic N) is 1. The Labute approximate surface area is 179 Å². The van der Waals surface area contributed by atoms with Gasteiger partial charge in [0, 0.05) is 12.5 Å². The summed E-state index contributed by atoms with van der Waals surface area (Å²) in [5, 5.41) is 0. The molecule has 1 N–H and O–H groups in total. The molecule has 0 amide bonds. The summed E-state index contributed by atoms with van der Waals surface area (Å²) in [5.74, 6) is 2.03. The van der Waals surface area contributed by atoms with Gasteiger partial charge in [0.25, 0.3) is 0 Å². The minimum absolute atomic E-state index is 0.700. The van der Waals surface area contributed by atoms with Crippen molar-refractivity contribution in [3.63, 3.8) is 0 Å². The van der Waals surface area contributed by atoms with Crippen LogP contribution in [0.4, 0.5) is 0 Å². The number of aromatic amines is 1. The summed E-state index contributed by atoms with van der Waals surface area (Å²) in [6.07, 6.45) is 22.2. The van der Waals surface area contributed by atoms with Gasteiger partial charge in [0.1, 0.15) is 11.6 Å². The molecule has 2 aromatic rings. The Morgan fingerprint density at radius 2 is 1.28 bits per heavy atom. The third kappa shape index (κ3) is 10.2. The molecule has 2 rings (SSSR count). The lowest BCUT2D eigenvalue weighted by atomic mass is 10.0. The first-order chi connectivity index (χ1) is 14.3. The van der Waals surface area contributed by atoms with Gasteiger partial charge >= 0.3 is 0 Å². The average Bonchev–Trinajstić information content (AvgIpc) is 3.13. The largest absolute Gasteiger partial charge is 0.494 e. The van der Waals surface area contributed by atoms with E-state index < -0.39 is 0 Å². The fraction of sp³-hybridized carbons (Fsp3) is 0.731. The lowest BCUT2D eigenvalue weighted by Crippen LogP contribution is -1.90. The fourth-order valence-corrected chi connectivity index (χ4v) is 4.08. The van der Waals surface area contributed by atoms with Gasteiger partial charge in [0.2, 0.25) is 0 Å². The van der Waals surface area contributed by atoms with Gasteiger partial charge in [-0.25, -0.2) is 4.98 Å². The third-order valence-electron chi connectivity index (χ3n) is 5.83. The molecule has 0 saturated heterocycles. The second-order valence-electron chi connectivity index (χ2n) is 8.50.